The number of anilines is 1. The summed E-state index contributed by atoms with van der Waals surface area (Å²) in [5.41, 5.74) is 2.79. The Morgan fingerprint density at radius 1 is 1.21 bits per heavy atom. The third kappa shape index (κ3) is 4.43. The fourth-order valence-corrected chi connectivity index (χ4v) is 4.23. The Hall–Kier alpha value is -2.86. The van der Waals surface area contributed by atoms with Crippen molar-refractivity contribution in [2.24, 2.45) is 0 Å². The topological polar surface area (TPSA) is 51.7 Å². The lowest BCUT2D eigenvalue weighted by molar-refractivity contribution is -0.120. The number of para-hydroxylation sites is 1. The molecule has 2 aromatic carbocycles. The average molecular weight is 409 g/mol. The Bertz CT molecular complexity index is 1010. The van der Waals surface area contributed by atoms with Crippen molar-refractivity contribution in [3.8, 4) is 11.5 Å². The monoisotopic (exact) mass is 408 g/mol. The highest BCUT2D eigenvalue weighted by atomic mass is 32.1. The molecule has 150 valence electrons. The number of nitrogens with zero attached hydrogens (tertiary/aromatic N) is 2. The van der Waals surface area contributed by atoms with Crippen LogP contribution in [0.15, 0.2) is 53.9 Å². The zero-order chi connectivity index (χ0) is 20.4. The largest absolute Gasteiger partial charge is 0.483 e. The molecule has 1 aliphatic heterocycles. The number of hydrogen-bond acceptors (Lipinski definition) is 5. The number of benzene rings is 2. The minimum Gasteiger partial charge on any atom is -0.483 e. The molecular formula is C23H24N2O3S. The summed E-state index contributed by atoms with van der Waals surface area (Å²) in [6, 6.07) is 15.7. The lowest BCUT2D eigenvalue weighted by Gasteiger charge is -2.21. The first-order chi connectivity index (χ1) is 13.9. The van der Waals surface area contributed by atoms with Gasteiger partial charge in [0.15, 0.2) is 23.2 Å². The minimum atomic E-state index is -0.260. The standard InChI is InChI=1S/C23H24N2O3S/c1-16-15-29-22(24-16)25(13-17-8-5-4-6-9-17)20(26)14-27-19-11-7-10-18-12-23(2,3)28-21(18)19/h4-11,15H,12-14H2,1-3H3. The van der Waals surface area contributed by atoms with Gasteiger partial charge in [0.25, 0.3) is 5.91 Å². The number of aromatic nitrogens is 1. The third-order valence-electron chi connectivity index (χ3n) is 4.73. The first-order valence-corrected chi connectivity index (χ1v) is 10.5. The SMILES string of the molecule is Cc1csc(N(Cc2ccccc2)C(=O)COc2cccc3c2OC(C)(C)C3)n1. The van der Waals surface area contributed by atoms with Crippen molar-refractivity contribution in [3.05, 3.63) is 70.7 Å². The molecule has 0 fully saturated rings. The molecule has 0 saturated heterocycles. The molecule has 0 bridgehead atoms. The van der Waals surface area contributed by atoms with E-state index in [4.69, 9.17) is 9.47 Å². The molecule has 1 aliphatic rings. The van der Waals surface area contributed by atoms with Gasteiger partial charge in [0.2, 0.25) is 0 Å². The minimum absolute atomic E-state index is 0.0777. The Labute approximate surface area is 174 Å². The van der Waals surface area contributed by atoms with Crippen LogP contribution in [0.4, 0.5) is 5.13 Å². The Morgan fingerprint density at radius 2 is 2.00 bits per heavy atom. The first-order valence-electron chi connectivity index (χ1n) is 9.61. The van der Waals surface area contributed by atoms with E-state index in [0.717, 1.165) is 29.0 Å². The summed E-state index contributed by atoms with van der Waals surface area (Å²) in [7, 11) is 0. The van der Waals surface area contributed by atoms with Crippen LogP contribution in [0.2, 0.25) is 0 Å². The number of rotatable bonds is 6. The van der Waals surface area contributed by atoms with Crippen LogP contribution in [-0.4, -0.2) is 23.1 Å². The highest BCUT2D eigenvalue weighted by Gasteiger charge is 2.32. The van der Waals surface area contributed by atoms with Gasteiger partial charge in [-0.2, -0.15) is 0 Å². The number of carbonyl (C=O) groups is 1. The quantitative estimate of drug-likeness (QED) is 0.589. The smallest absolute Gasteiger partial charge is 0.267 e. The zero-order valence-corrected chi connectivity index (χ0v) is 17.7. The van der Waals surface area contributed by atoms with Crippen LogP contribution in [-0.2, 0) is 17.8 Å². The van der Waals surface area contributed by atoms with Crippen LogP contribution in [0, 0.1) is 6.92 Å². The van der Waals surface area contributed by atoms with E-state index in [-0.39, 0.29) is 18.1 Å². The normalized spacial score (nSPS) is 14.2. The van der Waals surface area contributed by atoms with Crippen LogP contribution in [0.3, 0.4) is 0 Å². The Morgan fingerprint density at radius 3 is 2.72 bits per heavy atom. The summed E-state index contributed by atoms with van der Waals surface area (Å²) in [5.74, 6) is 1.21. The number of hydrogen-bond donors (Lipinski definition) is 0. The van der Waals surface area contributed by atoms with E-state index < -0.39 is 0 Å². The van der Waals surface area contributed by atoms with Gasteiger partial charge < -0.3 is 9.47 Å². The van der Waals surface area contributed by atoms with Gasteiger partial charge in [0.1, 0.15) is 5.60 Å². The summed E-state index contributed by atoms with van der Waals surface area (Å²) in [5, 5.41) is 2.62. The highest BCUT2D eigenvalue weighted by molar-refractivity contribution is 7.14. The van der Waals surface area contributed by atoms with Crippen molar-refractivity contribution < 1.29 is 14.3 Å². The van der Waals surface area contributed by atoms with Crippen LogP contribution in [0.1, 0.15) is 30.7 Å². The van der Waals surface area contributed by atoms with E-state index in [1.807, 2.05) is 74.7 Å². The van der Waals surface area contributed by atoms with Gasteiger partial charge in [-0.05, 0) is 32.4 Å². The fourth-order valence-electron chi connectivity index (χ4n) is 3.41. The molecule has 29 heavy (non-hydrogen) atoms. The molecule has 5 nitrogen and oxygen atoms in total. The molecule has 0 spiro atoms. The Kier molecular flexibility index (Phi) is 5.28. The lowest BCUT2D eigenvalue weighted by Crippen LogP contribution is -2.34. The molecule has 1 amide bonds. The van der Waals surface area contributed by atoms with Crippen molar-refractivity contribution in [1.82, 2.24) is 4.98 Å². The van der Waals surface area contributed by atoms with E-state index in [0.29, 0.717) is 17.4 Å². The van der Waals surface area contributed by atoms with E-state index >= 15 is 0 Å². The molecule has 1 aromatic heterocycles. The summed E-state index contributed by atoms with van der Waals surface area (Å²) in [6.07, 6.45) is 0.825. The molecule has 0 N–H and O–H groups in total. The highest BCUT2D eigenvalue weighted by Crippen LogP contribution is 2.41. The molecule has 4 rings (SSSR count). The van der Waals surface area contributed by atoms with Crippen molar-refractivity contribution in [3.63, 3.8) is 0 Å². The van der Waals surface area contributed by atoms with Gasteiger partial charge in [0.05, 0.1) is 12.2 Å². The van der Waals surface area contributed by atoms with Gasteiger partial charge in [0, 0.05) is 17.4 Å². The summed E-state index contributed by atoms with van der Waals surface area (Å²) in [6.45, 7) is 6.40. The fraction of sp³-hybridized carbons (Fsp3) is 0.304. The van der Waals surface area contributed by atoms with E-state index in [2.05, 4.69) is 4.98 Å². The molecule has 0 aliphatic carbocycles. The Balaban J connectivity index is 1.51. The predicted octanol–water partition coefficient (Wildman–Crippen LogP) is 4.78. The molecule has 3 aromatic rings. The lowest BCUT2D eigenvalue weighted by atomic mass is 10.0. The van der Waals surface area contributed by atoms with Gasteiger partial charge in [-0.3, -0.25) is 9.69 Å². The van der Waals surface area contributed by atoms with Crippen molar-refractivity contribution in [2.75, 3.05) is 11.5 Å². The van der Waals surface area contributed by atoms with E-state index in [9.17, 15) is 4.79 Å². The number of ether oxygens (including phenoxy) is 2. The number of aryl methyl sites for hydroxylation is 1. The average Bonchev–Trinajstić information content (AvgIpc) is 3.26. The number of amides is 1. The van der Waals surface area contributed by atoms with E-state index in [1.54, 1.807) is 4.90 Å². The molecule has 6 heteroatoms. The summed E-state index contributed by atoms with van der Waals surface area (Å²) >= 11 is 1.46. The van der Waals surface area contributed by atoms with Crippen LogP contribution in [0.25, 0.3) is 0 Å². The number of thiazole rings is 1. The van der Waals surface area contributed by atoms with Crippen molar-refractivity contribution in [2.45, 2.75) is 39.3 Å². The first kappa shape index (κ1) is 19.5. The van der Waals surface area contributed by atoms with E-state index in [1.165, 1.54) is 11.3 Å². The molecule has 0 radical (unpaired) electrons. The molecule has 0 atom stereocenters. The van der Waals surface area contributed by atoms with Crippen molar-refractivity contribution in [1.29, 1.82) is 0 Å². The molecule has 0 saturated carbocycles. The maximum atomic E-state index is 13.1. The summed E-state index contributed by atoms with van der Waals surface area (Å²) < 4.78 is 12.0. The number of fused-ring (bicyclic) bond motifs is 1. The third-order valence-corrected chi connectivity index (χ3v) is 5.71. The molecule has 2 heterocycles. The van der Waals surface area contributed by atoms with Crippen LogP contribution in [0.5, 0.6) is 11.5 Å². The predicted molar refractivity (Wildman–Crippen MR) is 115 cm³/mol. The zero-order valence-electron chi connectivity index (χ0n) is 16.8. The number of carbonyl (C=O) groups excluding carboxylic acids is 1. The molecule has 0 unspecified atom stereocenters. The van der Waals surface area contributed by atoms with Crippen LogP contribution >= 0.6 is 11.3 Å². The van der Waals surface area contributed by atoms with Gasteiger partial charge in [-0.25, -0.2) is 4.98 Å². The van der Waals surface area contributed by atoms with Gasteiger partial charge >= 0.3 is 0 Å². The van der Waals surface area contributed by atoms with Crippen molar-refractivity contribution >= 4 is 22.4 Å². The second-order valence-corrected chi connectivity index (χ2v) is 8.65. The van der Waals surface area contributed by atoms with Gasteiger partial charge in [-0.1, -0.05) is 42.5 Å². The second kappa shape index (κ2) is 7.87. The second-order valence-electron chi connectivity index (χ2n) is 7.81. The maximum Gasteiger partial charge on any atom is 0.267 e. The molecular weight excluding hydrogens is 384 g/mol. The van der Waals surface area contributed by atoms with Crippen LogP contribution < -0.4 is 14.4 Å². The van der Waals surface area contributed by atoms with Gasteiger partial charge in [-0.15, -0.1) is 11.3 Å². The summed E-state index contributed by atoms with van der Waals surface area (Å²) in [4.78, 5) is 19.3. The maximum absolute atomic E-state index is 13.1.